The molecule has 0 unspecified atom stereocenters. The van der Waals surface area contributed by atoms with Crippen LogP contribution in [0.1, 0.15) is 24.6 Å². The first-order valence-electron chi connectivity index (χ1n) is 4.83. The van der Waals surface area contributed by atoms with E-state index >= 15 is 0 Å². The number of hydrogen-bond donors (Lipinski definition) is 0. The second kappa shape index (κ2) is 4.59. The normalized spacial score (nSPS) is 20.4. The fraction of sp³-hybridized carbons (Fsp3) is 0.778. The van der Waals surface area contributed by atoms with Gasteiger partial charge in [0.25, 0.3) is 5.89 Å². The molecule has 6 heteroatoms. The van der Waals surface area contributed by atoms with Crippen LogP contribution in [0.3, 0.4) is 0 Å². The molecule has 1 saturated heterocycles. The first-order valence-corrected chi connectivity index (χ1v) is 5.95. The molecule has 1 aromatic heterocycles. The minimum atomic E-state index is -0.453. The molecule has 1 aromatic rings. The topological polar surface area (TPSA) is 57.4 Å². The number of alkyl halides is 1. The number of methoxy groups -OCH3 is 1. The van der Waals surface area contributed by atoms with Crippen LogP contribution in [-0.2, 0) is 20.4 Å². The molecular weight excluding hydrogens is 264 g/mol. The average molecular weight is 277 g/mol. The maximum absolute atomic E-state index is 5.53. The fourth-order valence-corrected chi connectivity index (χ4v) is 1.93. The van der Waals surface area contributed by atoms with E-state index in [0.29, 0.717) is 30.3 Å². The van der Waals surface area contributed by atoms with Crippen LogP contribution in [0.5, 0.6) is 0 Å². The molecule has 0 aromatic carbocycles. The molecule has 1 aliphatic rings. The van der Waals surface area contributed by atoms with Gasteiger partial charge in [0, 0.05) is 33.2 Å². The van der Waals surface area contributed by atoms with E-state index in [2.05, 4.69) is 26.1 Å². The van der Waals surface area contributed by atoms with Crippen molar-refractivity contribution >= 4 is 15.9 Å². The van der Waals surface area contributed by atoms with Crippen LogP contribution in [0.2, 0.25) is 0 Å². The van der Waals surface area contributed by atoms with E-state index in [1.165, 1.54) is 0 Å². The molecule has 0 atom stereocenters. The lowest BCUT2D eigenvalue weighted by Crippen LogP contribution is -2.36. The number of aromatic nitrogens is 2. The van der Waals surface area contributed by atoms with Gasteiger partial charge in [-0.05, 0) is 0 Å². The highest BCUT2D eigenvalue weighted by atomic mass is 79.9. The van der Waals surface area contributed by atoms with E-state index in [0.717, 1.165) is 12.8 Å². The predicted molar refractivity (Wildman–Crippen MR) is 55.7 cm³/mol. The van der Waals surface area contributed by atoms with Crippen LogP contribution in [0, 0.1) is 0 Å². The maximum atomic E-state index is 5.53. The highest BCUT2D eigenvalue weighted by Crippen LogP contribution is 2.34. The van der Waals surface area contributed by atoms with Crippen molar-refractivity contribution in [3.63, 3.8) is 0 Å². The quantitative estimate of drug-likeness (QED) is 0.786. The van der Waals surface area contributed by atoms with Gasteiger partial charge in [-0.1, -0.05) is 21.1 Å². The Bertz CT molecular complexity index is 323. The number of halogens is 1. The molecule has 0 bridgehead atoms. The minimum absolute atomic E-state index is 0.453. The molecule has 0 amide bonds. The lowest BCUT2D eigenvalue weighted by Gasteiger charge is -2.32. The molecule has 2 rings (SSSR count). The molecular formula is C9H13BrN2O3. The van der Waals surface area contributed by atoms with Crippen molar-refractivity contribution in [2.24, 2.45) is 0 Å². The molecule has 0 saturated carbocycles. The molecule has 0 spiro atoms. The zero-order valence-electron chi connectivity index (χ0n) is 8.53. The standard InChI is InChI=1S/C9H13BrN2O3/c1-13-9(2-4-14-5-3-9)8-11-7(6-10)12-15-8/h2-6H2,1H3. The van der Waals surface area contributed by atoms with Gasteiger partial charge >= 0.3 is 0 Å². The summed E-state index contributed by atoms with van der Waals surface area (Å²) in [5.41, 5.74) is -0.453. The zero-order chi connectivity index (χ0) is 10.7. The molecule has 5 nitrogen and oxygen atoms in total. The van der Waals surface area contributed by atoms with Gasteiger partial charge in [-0.25, -0.2) is 0 Å². The summed E-state index contributed by atoms with van der Waals surface area (Å²) in [5, 5.41) is 4.44. The lowest BCUT2D eigenvalue weighted by molar-refractivity contribution is -0.111. The summed E-state index contributed by atoms with van der Waals surface area (Å²) >= 11 is 3.28. The third-order valence-electron chi connectivity index (χ3n) is 2.67. The number of hydrogen-bond acceptors (Lipinski definition) is 5. The Morgan fingerprint density at radius 3 is 2.73 bits per heavy atom. The maximum Gasteiger partial charge on any atom is 0.259 e. The second-order valence-corrected chi connectivity index (χ2v) is 4.02. The first kappa shape index (κ1) is 11.0. The molecule has 1 aliphatic heterocycles. The second-order valence-electron chi connectivity index (χ2n) is 3.46. The van der Waals surface area contributed by atoms with Crippen molar-refractivity contribution in [1.82, 2.24) is 10.1 Å². The Labute approximate surface area is 96.3 Å². The van der Waals surface area contributed by atoms with Crippen molar-refractivity contribution in [1.29, 1.82) is 0 Å². The molecule has 0 radical (unpaired) electrons. The van der Waals surface area contributed by atoms with Crippen molar-refractivity contribution in [2.75, 3.05) is 20.3 Å². The van der Waals surface area contributed by atoms with Crippen LogP contribution in [0.4, 0.5) is 0 Å². The van der Waals surface area contributed by atoms with Gasteiger partial charge in [0.15, 0.2) is 11.4 Å². The molecule has 15 heavy (non-hydrogen) atoms. The van der Waals surface area contributed by atoms with E-state index in [1.807, 2.05) is 0 Å². The minimum Gasteiger partial charge on any atom is -0.381 e. The Hall–Kier alpha value is -0.460. The number of ether oxygens (including phenoxy) is 2. The van der Waals surface area contributed by atoms with Crippen LogP contribution in [-0.4, -0.2) is 30.5 Å². The third kappa shape index (κ3) is 2.07. The highest BCUT2D eigenvalue weighted by molar-refractivity contribution is 9.08. The summed E-state index contributed by atoms with van der Waals surface area (Å²) in [6, 6.07) is 0. The van der Waals surface area contributed by atoms with Crippen LogP contribution in [0.15, 0.2) is 4.52 Å². The Balaban J connectivity index is 2.24. The van der Waals surface area contributed by atoms with Crippen LogP contribution in [0.25, 0.3) is 0 Å². The van der Waals surface area contributed by atoms with Gasteiger partial charge < -0.3 is 14.0 Å². The number of nitrogens with zero attached hydrogens (tertiary/aromatic N) is 2. The molecule has 2 heterocycles. The number of rotatable bonds is 3. The summed E-state index contributed by atoms with van der Waals surface area (Å²) < 4.78 is 16.1. The van der Waals surface area contributed by atoms with E-state index < -0.39 is 5.60 Å². The van der Waals surface area contributed by atoms with Gasteiger partial charge in [-0.3, -0.25) is 0 Å². The van der Waals surface area contributed by atoms with Crippen LogP contribution < -0.4 is 0 Å². The zero-order valence-corrected chi connectivity index (χ0v) is 10.1. The molecule has 0 N–H and O–H groups in total. The summed E-state index contributed by atoms with van der Waals surface area (Å²) in [7, 11) is 1.67. The predicted octanol–water partition coefficient (Wildman–Crippen LogP) is 1.62. The lowest BCUT2D eigenvalue weighted by atomic mass is 9.94. The third-order valence-corrected chi connectivity index (χ3v) is 3.17. The van der Waals surface area contributed by atoms with E-state index in [4.69, 9.17) is 14.0 Å². The Kier molecular flexibility index (Phi) is 3.38. The Morgan fingerprint density at radius 1 is 1.47 bits per heavy atom. The molecule has 84 valence electrons. The van der Waals surface area contributed by atoms with Gasteiger partial charge in [-0.15, -0.1) is 0 Å². The van der Waals surface area contributed by atoms with Crippen molar-refractivity contribution in [3.8, 4) is 0 Å². The smallest absolute Gasteiger partial charge is 0.259 e. The summed E-state index contributed by atoms with van der Waals surface area (Å²) in [4.78, 5) is 4.29. The monoisotopic (exact) mass is 276 g/mol. The van der Waals surface area contributed by atoms with E-state index in [1.54, 1.807) is 7.11 Å². The fourth-order valence-electron chi connectivity index (χ4n) is 1.70. The average Bonchev–Trinajstić information content (AvgIpc) is 2.79. The first-order chi connectivity index (χ1) is 7.30. The van der Waals surface area contributed by atoms with Crippen molar-refractivity contribution in [2.45, 2.75) is 23.8 Å². The Morgan fingerprint density at radius 2 is 2.20 bits per heavy atom. The highest BCUT2D eigenvalue weighted by Gasteiger charge is 2.39. The van der Waals surface area contributed by atoms with Gasteiger partial charge in [0.2, 0.25) is 0 Å². The van der Waals surface area contributed by atoms with E-state index in [-0.39, 0.29) is 0 Å². The summed E-state index contributed by atoms with van der Waals surface area (Å²) in [6.07, 6.45) is 1.51. The van der Waals surface area contributed by atoms with E-state index in [9.17, 15) is 0 Å². The molecule has 1 fully saturated rings. The van der Waals surface area contributed by atoms with Gasteiger partial charge in [-0.2, -0.15) is 4.98 Å². The summed E-state index contributed by atoms with van der Waals surface area (Å²) in [5.74, 6) is 1.20. The largest absolute Gasteiger partial charge is 0.381 e. The van der Waals surface area contributed by atoms with Crippen molar-refractivity contribution in [3.05, 3.63) is 11.7 Å². The molecule has 0 aliphatic carbocycles. The SMILES string of the molecule is COC1(c2nc(CBr)no2)CCOCC1. The summed E-state index contributed by atoms with van der Waals surface area (Å²) in [6.45, 7) is 1.33. The van der Waals surface area contributed by atoms with Crippen LogP contribution >= 0.6 is 15.9 Å². The van der Waals surface area contributed by atoms with Gasteiger partial charge in [0.1, 0.15) is 0 Å². The van der Waals surface area contributed by atoms with Gasteiger partial charge in [0.05, 0.1) is 5.33 Å². The van der Waals surface area contributed by atoms with Crippen molar-refractivity contribution < 1.29 is 14.0 Å².